The number of nitrogens with one attached hydrogen (secondary N) is 1. The molecule has 2 unspecified atom stereocenters. The van der Waals surface area contributed by atoms with Gasteiger partial charge in [0, 0.05) is 26.2 Å². The fraction of sp³-hybridized carbons (Fsp3) is 0.909. The van der Waals surface area contributed by atoms with Crippen molar-refractivity contribution in [1.29, 1.82) is 0 Å². The first-order chi connectivity index (χ1) is 7.19. The molecule has 0 aromatic heterocycles. The van der Waals surface area contributed by atoms with Gasteiger partial charge in [-0.25, -0.2) is 0 Å². The van der Waals surface area contributed by atoms with Crippen molar-refractivity contribution in [1.82, 2.24) is 10.2 Å². The number of ether oxygens (including phenoxy) is 1. The summed E-state index contributed by atoms with van der Waals surface area (Å²) in [5.41, 5.74) is 0. The second-order valence-corrected chi connectivity index (χ2v) is 4.27. The van der Waals surface area contributed by atoms with Gasteiger partial charge in [0.15, 0.2) is 0 Å². The summed E-state index contributed by atoms with van der Waals surface area (Å²) in [7, 11) is 3.59. The molecule has 1 rings (SSSR count). The van der Waals surface area contributed by atoms with Crippen LogP contribution in [0.25, 0.3) is 0 Å². The zero-order valence-corrected chi connectivity index (χ0v) is 11.2. The van der Waals surface area contributed by atoms with Crippen LogP contribution in [0.3, 0.4) is 0 Å². The predicted octanol–water partition coefficient (Wildman–Crippen LogP) is 0.901. The van der Waals surface area contributed by atoms with Gasteiger partial charge in [0.25, 0.3) is 0 Å². The third-order valence-electron chi connectivity index (χ3n) is 2.98. The molecule has 1 aliphatic rings. The number of carbonyl (C=O) groups is 1. The van der Waals surface area contributed by atoms with Crippen LogP contribution < -0.4 is 5.32 Å². The van der Waals surface area contributed by atoms with Crippen LogP contribution in [-0.4, -0.2) is 50.7 Å². The number of halogens is 1. The van der Waals surface area contributed by atoms with Gasteiger partial charge in [-0.3, -0.25) is 4.79 Å². The van der Waals surface area contributed by atoms with Crippen molar-refractivity contribution in [3.8, 4) is 0 Å². The first-order valence-electron chi connectivity index (χ1n) is 5.64. The molecular formula is C11H23ClN2O2. The number of piperidine rings is 1. The SMILES string of the molecule is CNC1CCCN(C(=O)C(C)COC)C1.Cl. The summed E-state index contributed by atoms with van der Waals surface area (Å²) in [6.07, 6.45) is 2.26. The van der Waals surface area contributed by atoms with Crippen LogP contribution >= 0.6 is 12.4 Å². The third-order valence-corrected chi connectivity index (χ3v) is 2.98. The minimum absolute atomic E-state index is 0. The predicted molar refractivity (Wildman–Crippen MR) is 66.9 cm³/mol. The van der Waals surface area contributed by atoms with Gasteiger partial charge in [0.05, 0.1) is 12.5 Å². The molecule has 0 bridgehead atoms. The van der Waals surface area contributed by atoms with Crippen LogP contribution in [0, 0.1) is 5.92 Å². The molecule has 0 aliphatic carbocycles. The summed E-state index contributed by atoms with van der Waals surface area (Å²) in [5.74, 6) is 0.197. The van der Waals surface area contributed by atoms with Gasteiger partial charge in [-0.2, -0.15) is 0 Å². The Kier molecular flexibility index (Phi) is 7.72. The first-order valence-corrected chi connectivity index (χ1v) is 5.64. The molecule has 4 nitrogen and oxygen atoms in total. The lowest BCUT2D eigenvalue weighted by Crippen LogP contribution is -2.48. The minimum Gasteiger partial charge on any atom is -0.384 e. The van der Waals surface area contributed by atoms with Crippen LogP contribution in [0.5, 0.6) is 0 Å². The van der Waals surface area contributed by atoms with E-state index in [1.165, 1.54) is 6.42 Å². The molecule has 1 aliphatic heterocycles. The van der Waals surface area contributed by atoms with E-state index in [1.807, 2.05) is 18.9 Å². The maximum atomic E-state index is 12.0. The number of carbonyl (C=O) groups excluding carboxylic acids is 1. The maximum absolute atomic E-state index is 12.0. The summed E-state index contributed by atoms with van der Waals surface area (Å²) in [6.45, 7) is 4.17. The molecule has 5 heteroatoms. The number of rotatable bonds is 4. The summed E-state index contributed by atoms with van der Waals surface area (Å²) in [6, 6.07) is 0.456. The molecule has 1 N–H and O–H groups in total. The molecule has 1 saturated heterocycles. The van der Waals surface area contributed by atoms with Crippen LogP contribution in [0.2, 0.25) is 0 Å². The fourth-order valence-electron chi connectivity index (χ4n) is 2.05. The number of hydrogen-bond acceptors (Lipinski definition) is 3. The van der Waals surface area contributed by atoms with Gasteiger partial charge in [0.2, 0.25) is 5.91 Å². The number of methoxy groups -OCH3 is 1. The van der Waals surface area contributed by atoms with Crippen LogP contribution in [0.4, 0.5) is 0 Å². The number of nitrogens with zero attached hydrogens (tertiary/aromatic N) is 1. The van der Waals surface area contributed by atoms with Gasteiger partial charge in [0.1, 0.15) is 0 Å². The summed E-state index contributed by atoms with van der Waals surface area (Å²) >= 11 is 0. The van der Waals surface area contributed by atoms with E-state index in [0.29, 0.717) is 12.6 Å². The van der Waals surface area contributed by atoms with Crippen LogP contribution in [0.1, 0.15) is 19.8 Å². The Balaban J connectivity index is 0.00000225. The molecule has 0 radical (unpaired) electrons. The third kappa shape index (κ3) is 4.28. The zero-order valence-electron chi connectivity index (χ0n) is 10.4. The van der Waals surface area contributed by atoms with E-state index in [1.54, 1.807) is 7.11 Å². The molecule has 16 heavy (non-hydrogen) atoms. The highest BCUT2D eigenvalue weighted by molar-refractivity contribution is 5.85. The van der Waals surface area contributed by atoms with Crippen LogP contribution in [0.15, 0.2) is 0 Å². The van der Waals surface area contributed by atoms with Crippen molar-refractivity contribution in [3.63, 3.8) is 0 Å². The topological polar surface area (TPSA) is 41.6 Å². The molecular weight excluding hydrogens is 228 g/mol. The Morgan fingerprint density at radius 3 is 2.88 bits per heavy atom. The molecule has 96 valence electrons. The maximum Gasteiger partial charge on any atom is 0.227 e. The van der Waals surface area contributed by atoms with Crippen LogP contribution in [-0.2, 0) is 9.53 Å². The van der Waals surface area contributed by atoms with Gasteiger partial charge in [-0.1, -0.05) is 6.92 Å². The van der Waals surface area contributed by atoms with Gasteiger partial charge >= 0.3 is 0 Å². The van der Waals surface area contributed by atoms with Gasteiger partial charge in [-0.05, 0) is 19.9 Å². The monoisotopic (exact) mass is 250 g/mol. The molecule has 0 aromatic rings. The van der Waals surface area contributed by atoms with E-state index >= 15 is 0 Å². The van der Waals surface area contributed by atoms with Crippen molar-refractivity contribution in [3.05, 3.63) is 0 Å². The highest BCUT2D eigenvalue weighted by Gasteiger charge is 2.25. The van der Waals surface area contributed by atoms with Gasteiger partial charge in [-0.15, -0.1) is 12.4 Å². The average molecular weight is 251 g/mol. The molecule has 0 aromatic carbocycles. The lowest BCUT2D eigenvalue weighted by atomic mass is 10.0. The quantitative estimate of drug-likeness (QED) is 0.806. The standard InChI is InChI=1S/C11H22N2O2.ClH/c1-9(8-15-3)11(14)13-6-4-5-10(7-13)12-2;/h9-10,12H,4-8H2,1-3H3;1H. The molecule has 2 atom stereocenters. The molecule has 1 amide bonds. The van der Waals surface area contributed by atoms with Crippen molar-refractivity contribution >= 4 is 18.3 Å². The lowest BCUT2D eigenvalue weighted by molar-refractivity contribution is -0.137. The van der Waals surface area contributed by atoms with E-state index in [0.717, 1.165) is 19.5 Å². The largest absolute Gasteiger partial charge is 0.384 e. The average Bonchev–Trinajstić information content (AvgIpc) is 2.28. The first kappa shape index (κ1) is 15.7. The Labute approximate surface area is 104 Å². The number of likely N-dealkylation sites (tertiary alicyclic amines) is 1. The molecule has 1 fully saturated rings. The summed E-state index contributed by atoms with van der Waals surface area (Å²) < 4.78 is 5.01. The lowest BCUT2D eigenvalue weighted by Gasteiger charge is -2.34. The second kappa shape index (κ2) is 7.87. The fourth-order valence-corrected chi connectivity index (χ4v) is 2.05. The Morgan fingerprint density at radius 2 is 2.31 bits per heavy atom. The number of hydrogen-bond donors (Lipinski definition) is 1. The molecule has 1 heterocycles. The Bertz CT molecular complexity index is 214. The smallest absolute Gasteiger partial charge is 0.227 e. The Morgan fingerprint density at radius 1 is 1.62 bits per heavy atom. The van der Waals surface area contributed by atoms with Gasteiger partial charge < -0.3 is 15.0 Å². The highest BCUT2D eigenvalue weighted by atomic mass is 35.5. The number of likely N-dealkylation sites (N-methyl/N-ethyl adjacent to an activating group) is 1. The molecule has 0 spiro atoms. The van der Waals surface area contributed by atoms with E-state index in [4.69, 9.17) is 4.74 Å². The van der Waals surface area contributed by atoms with Crippen molar-refractivity contribution in [2.75, 3.05) is 33.9 Å². The van der Waals surface area contributed by atoms with E-state index in [9.17, 15) is 4.79 Å². The second-order valence-electron chi connectivity index (χ2n) is 4.27. The highest BCUT2D eigenvalue weighted by Crippen LogP contribution is 2.13. The van der Waals surface area contributed by atoms with Crippen molar-refractivity contribution in [2.24, 2.45) is 5.92 Å². The minimum atomic E-state index is -0.0226. The van der Waals surface area contributed by atoms with E-state index in [-0.39, 0.29) is 24.2 Å². The molecule has 0 saturated carbocycles. The number of amides is 1. The summed E-state index contributed by atoms with van der Waals surface area (Å²) in [5, 5.41) is 3.23. The normalized spacial score (nSPS) is 22.4. The van der Waals surface area contributed by atoms with Crippen molar-refractivity contribution in [2.45, 2.75) is 25.8 Å². The van der Waals surface area contributed by atoms with E-state index < -0.39 is 0 Å². The Hall–Kier alpha value is -0.320. The summed E-state index contributed by atoms with van der Waals surface area (Å²) in [4.78, 5) is 13.9. The van der Waals surface area contributed by atoms with E-state index in [2.05, 4.69) is 5.32 Å². The van der Waals surface area contributed by atoms with Crippen molar-refractivity contribution < 1.29 is 9.53 Å². The zero-order chi connectivity index (χ0) is 11.3.